The molecular formula is C29H38N4O5S. The maximum atomic E-state index is 11.8. The molecule has 3 aromatic rings. The lowest BCUT2D eigenvalue weighted by molar-refractivity contribution is -0.128. The molecule has 1 amide bonds. The van der Waals surface area contributed by atoms with Crippen LogP contribution in [-0.4, -0.2) is 68.1 Å². The molecule has 39 heavy (non-hydrogen) atoms. The third-order valence-corrected chi connectivity index (χ3v) is 7.23. The summed E-state index contributed by atoms with van der Waals surface area (Å²) in [5.41, 5.74) is 2.92. The number of hydrogen-bond donors (Lipinski definition) is 1. The van der Waals surface area contributed by atoms with Crippen LogP contribution in [0.5, 0.6) is 0 Å². The average molecular weight is 555 g/mol. The highest BCUT2D eigenvalue weighted by atomic mass is 32.2. The van der Waals surface area contributed by atoms with E-state index >= 15 is 0 Å². The Hall–Kier alpha value is -3.34. The number of carbonyl (C=O) groups excluding carboxylic acids is 1. The average Bonchev–Trinajstić information content (AvgIpc) is 2.91. The second-order valence-corrected chi connectivity index (χ2v) is 12.0. The Morgan fingerprint density at radius 1 is 1.00 bits per heavy atom. The van der Waals surface area contributed by atoms with Crippen molar-refractivity contribution in [2.45, 2.75) is 46.3 Å². The second-order valence-electron chi connectivity index (χ2n) is 9.97. The van der Waals surface area contributed by atoms with E-state index in [0.717, 1.165) is 28.3 Å². The highest BCUT2D eigenvalue weighted by Crippen LogP contribution is 2.30. The first kappa shape index (κ1) is 30.2. The van der Waals surface area contributed by atoms with Gasteiger partial charge in [-0.2, -0.15) is 0 Å². The van der Waals surface area contributed by atoms with Crippen LogP contribution >= 0.6 is 0 Å². The van der Waals surface area contributed by atoms with Gasteiger partial charge in [0.05, 0.1) is 42.2 Å². The fourth-order valence-electron chi connectivity index (χ4n) is 3.89. The van der Waals surface area contributed by atoms with E-state index in [1.807, 2.05) is 79.2 Å². The van der Waals surface area contributed by atoms with Crippen molar-refractivity contribution in [3.05, 3.63) is 66.9 Å². The molecule has 10 heteroatoms. The van der Waals surface area contributed by atoms with Gasteiger partial charge in [-0.1, -0.05) is 60.7 Å². The van der Waals surface area contributed by atoms with Crippen LogP contribution in [0.4, 0.5) is 5.82 Å². The Kier molecular flexibility index (Phi) is 10.6. The van der Waals surface area contributed by atoms with Gasteiger partial charge < -0.3 is 14.4 Å². The topological polar surface area (TPSA) is 111 Å². The molecule has 0 bridgehead atoms. The number of aromatic nitrogens is 2. The molecule has 0 spiro atoms. The number of carbonyl (C=O) groups is 1. The minimum absolute atomic E-state index is 0.123. The number of ether oxygens (including phenoxy) is 2. The first-order chi connectivity index (χ1) is 18.5. The molecule has 0 fully saturated rings. The van der Waals surface area contributed by atoms with Gasteiger partial charge in [-0.25, -0.2) is 13.4 Å². The number of amides is 1. The van der Waals surface area contributed by atoms with E-state index in [1.165, 1.54) is 6.92 Å². The van der Waals surface area contributed by atoms with E-state index in [2.05, 4.69) is 18.7 Å². The van der Waals surface area contributed by atoms with Gasteiger partial charge in [0.15, 0.2) is 0 Å². The molecule has 1 N–H and O–H groups in total. The molecule has 0 aliphatic rings. The first-order valence-electron chi connectivity index (χ1n) is 13.0. The lowest BCUT2D eigenvalue weighted by Crippen LogP contribution is -2.40. The lowest BCUT2D eigenvalue weighted by atomic mass is 10.0. The molecule has 2 aromatic carbocycles. The molecule has 9 nitrogen and oxygen atoms in total. The number of nitrogens with one attached hydrogen (secondary N) is 1. The van der Waals surface area contributed by atoms with Gasteiger partial charge in [0.1, 0.15) is 12.4 Å². The van der Waals surface area contributed by atoms with Gasteiger partial charge in [-0.05, 0) is 34.6 Å². The Bertz CT molecular complexity index is 1320. The fourth-order valence-corrected chi connectivity index (χ4v) is 4.44. The second kappa shape index (κ2) is 13.6. The van der Waals surface area contributed by atoms with Crippen LogP contribution in [0.2, 0.25) is 0 Å². The summed E-state index contributed by atoms with van der Waals surface area (Å²) < 4.78 is 36.5. The number of rotatable bonds is 14. The molecule has 0 aliphatic carbocycles. The summed E-state index contributed by atoms with van der Waals surface area (Å²) in [6.45, 7) is 10.0. The Labute approximate surface area is 231 Å². The molecule has 0 saturated carbocycles. The van der Waals surface area contributed by atoms with E-state index in [4.69, 9.17) is 19.4 Å². The van der Waals surface area contributed by atoms with Crippen LogP contribution in [0, 0.1) is 0 Å². The van der Waals surface area contributed by atoms with E-state index in [0.29, 0.717) is 13.2 Å². The zero-order chi connectivity index (χ0) is 28.5. The molecule has 3 rings (SSSR count). The van der Waals surface area contributed by atoms with Gasteiger partial charge >= 0.3 is 0 Å². The predicted molar refractivity (Wildman–Crippen MR) is 154 cm³/mol. The number of sulfonamides is 1. The highest BCUT2D eigenvalue weighted by molar-refractivity contribution is 7.90. The van der Waals surface area contributed by atoms with Crippen LogP contribution in [0.15, 0.2) is 66.9 Å². The third-order valence-electron chi connectivity index (χ3n) is 5.93. The summed E-state index contributed by atoms with van der Waals surface area (Å²) in [6, 6.07) is 20.2. The predicted octanol–water partition coefficient (Wildman–Crippen LogP) is 4.30. The molecule has 210 valence electrons. The standard InChI is InChI=1S/C29H38N4O5S/c1-6-39(35,36)32-26(34)20-37-21-29(4,5)38-18-17-33(22(2)3)25-19-30-27(23-13-9-7-10-14-23)28(31-25)24-15-11-8-12-16-24/h7-16,19,22H,6,17-18,20-21H2,1-5H3,(H,32,34). The number of hydrogen-bond acceptors (Lipinski definition) is 8. The van der Waals surface area contributed by atoms with Gasteiger partial charge in [0.25, 0.3) is 5.91 Å². The summed E-state index contributed by atoms with van der Waals surface area (Å²) in [5.74, 6) is -0.133. The van der Waals surface area contributed by atoms with Crippen molar-refractivity contribution < 1.29 is 22.7 Å². The maximum Gasteiger partial charge on any atom is 0.259 e. The molecule has 0 saturated heterocycles. The van der Waals surface area contributed by atoms with Gasteiger partial charge in [0.2, 0.25) is 10.0 Å². The Balaban J connectivity index is 1.68. The molecule has 0 unspecified atom stereocenters. The van der Waals surface area contributed by atoms with Crippen molar-refractivity contribution in [2.24, 2.45) is 0 Å². The van der Waals surface area contributed by atoms with Crippen molar-refractivity contribution >= 4 is 21.7 Å². The fraction of sp³-hybridized carbons (Fsp3) is 0.414. The SMILES string of the molecule is CCS(=O)(=O)NC(=O)COCC(C)(C)OCCN(c1cnc(-c2ccccc2)c(-c2ccccc2)n1)C(C)C. The normalized spacial score (nSPS) is 11.9. The van der Waals surface area contributed by atoms with Crippen molar-refractivity contribution in [1.29, 1.82) is 0 Å². The number of anilines is 1. The zero-order valence-corrected chi connectivity index (χ0v) is 24.1. The van der Waals surface area contributed by atoms with Crippen molar-refractivity contribution in [3.8, 4) is 22.5 Å². The van der Waals surface area contributed by atoms with Crippen LogP contribution in [0.1, 0.15) is 34.6 Å². The third kappa shape index (κ3) is 9.12. The molecule has 0 aliphatic heterocycles. The zero-order valence-electron chi connectivity index (χ0n) is 23.3. The van der Waals surface area contributed by atoms with E-state index in [-0.39, 0.29) is 25.0 Å². The Morgan fingerprint density at radius 2 is 1.59 bits per heavy atom. The van der Waals surface area contributed by atoms with E-state index in [9.17, 15) is 13.2 Å². The van der Waals surface area contributed by atoms with Crippen molar-refractivity contribution in [2.75, 3.05) is 37.0 Å². The summed E-state index contributed by atoms with van der Waals surface area (Å²) in [7, 11) is -3.61. The van der Waals surface area contributed by atoms with Crippen molar-refractivity contribution in [1.82, 2.24) is 14.7 Å². The molecule has 0 radical (unpaired) electrons. The van der Waals surface area contributed by atoms with Gasteiger partial charge in [-0.3, -0.25) is 14.5 Å². The van der Waals surface area contributed by atoms with E-state index < -0.39 is 21.5 Å². The lowest BCUT2D eigenvalue weighted by Gasteiger charge is -2.31. The number of nitrogens with zero attached hydrogens (tertiary/aromatic N) is 3. The summed E-state index contributed by atoms with van der Waals surface area (Å²) in [5, 5.41) is 0. The molecule has 1 heterocycles. The van der Waals surface area contributed by atoms with Crippen LogP contribution in [0.3, 0.4) is 0 Å². The van der Waals surface area contributed by atoms with Gasteiger partial charge in [0, 0.05) is 23.7 Å². The van der Waals surface area contributed by atoms with Crippen molar-refractivity contribution in [3.63, 3.8) is 0 Å². The monoisotopic (exact) mass is 554 g/mol. The molecule has 1 aromatic heterocycles. The minimum Gasteiger partial charge on any atom is -0.371 e. The van der Waals surface area contributed by atoms with Crippen LogP contribution in [0.25, 0.3) is 22.5 Å². The smallest absolute Gasteiger partial charge is 0.259 e. The van der Waals surface area contributed by atoms with E-state index in [1.54, 1.807) is 6.20 Å². The molecular weight excluding hydrogens is 516 g/mol. The summed E-state index contributed by atoms with van der Waals surface area (Å²) >= 11 is 0. The maximum absolute atomic E-state index is 11.8. The largest absolute Gasteiger partial charge is 0.371 e. The first-order valence-corrected chi connectivity index (χ1v) is 14.7. The Morgan fingerprint density at radius 3 is 2.15 bits per heavy atom. The van der Waals surface area contributed by atoms with Gasteiger partial charge in [-0.15, -0.1) is 0 Å². The number of benzene rings is 2. The highest BCUT2D eigenvalue weighted by Gasteiger charge is 2.22. The molecule has 0 atom stereocenters. The summed E-state index contributed by atoms with van der Waals surface area (Å²) in [6.07, 6.45) is 1.80. The minimum atomic E-state index is -3.61. The summed E-state index contributed by atoms with van der Waals surface area (Å²) in [4.78, 5) is 23.8. The van der Waals surface area contributed by atoms with Crippen LogP contribution in [-0.2, 0) is 24.3 Å². The quantitative estimate of drug-likeness (QED) is 0.314. The van der Waals surface area contributed by atoms with Crippen LogP contribution < -0.4 is 9.62 Å².